The average molecular weight is 472 g/mol. The number of thioether (sulfide) groups is 1. The largest absolute Gasteiger partial charge is 0.378 e. The molecule has 168 valence electrons. The molecule has 1 atom stereocenters. The van der Waals surface area contributed by atoms with Crippen LogP contribution in [0.25, 0.3) is 0 Å². The van der Waals surface area contributed by atoms with Crippen molar-refractivity contribution < 1.29 is 23.1 Å². The second-order valence-corrected chi connectivity index (χ2v) is 9.61. The first-order valence-corrected chi connectivity index (χ1v) is 10.8. The monoisotopic (exact) mass is 471 g/mol. The maximum absolute atomic E-state index is 14.5. The molecule has 0 bridgehead atoms. The summed E-state index contributed by atoms with van der Waals surface area (Å²) in [7, 11) is 1.65. The number of nitrogens with zero attached hydrogens (tertiary/aromatic N) is 1. The maximum Gasteiger partial charge on any atom is 0.285 e. The minimum absolute atomic E-state index is 0.0157. The van der Waals surface area contributed by atoms with Gasteiger partial charge in [-0.2, -0.15) is 8.78 Å². The Labute approximate surface area is 189 Å². The summed E-state index contributed by atoms with van der Waals surface area (Å²) in [6.45, 7) is 7.56. The van der Waals surface area contributed by atoms with E-state index in [2.05, 4.69) is 23.8 Å². The Balaban J connectivity index is 1.78. The fraction of sp³-hybridized carbons (Fsp3) is 0.429. The quantitative estimate of drug-likeness (QED) is 0.622. The van der Waals surface area contributed by atoms with Crippen LogP contribution < -0.4 is 10.6 Å². The summed E-state index contributed by atoms with van der Waals surface area (Å²) in [6.07, 6.45) is 0.702. The molecule has 2 heterocycles. The molecule has 0 aliphatic carbocycles. The summed E-state index contributed by atoms with van der Waals surface area (Å²) in [6, 6.07) is 4.37. The number of carbonyl (C=O) groups is 2. The van der Waals surface area contributed by atoms with Crippen LogP contribution in [0.3, 0.4) is 0 Å². The van der Waals surface area contributed by atoms with E-state index in [1.807, 2.05) is 0 Å². The highest BCUT2D eigenvalue weighted by atomic mass is 35.5. The molecule has 0 aromatic heterocycles. The highest BCUT2D eigenvalue weighted by Crippen LogP contribution is 2.35. The Morgan fingerprint density at radius 2 is 2.06 bits per heavy atom. The van der Waals surface area contributed by atoms with Crippen molar-refractivity contribution in [3.63, 3.8) is 0 Å². The number of hydrogen-bond donors (Lipinski definition) is 2. The minimum atomic E-state index is -2.97. The summed E-state index contributed by atoms with van der Waals surface area (Å²) in [5, 5.41) is 5.43. The zero-order valence-electron chi connectivity index (χ0n) is 17.1. The number of rotatable bonds is 6. The lowest BCUT2D eigenvalue weighted by atomic mass is 9.96. The van der Waals surface area contributed by atoms with Gasteiger partial charge in [-0.1, -0.05) is 42.6 Å². The fourth-order valence-corrected chi connectivity index (χ4v) is 4.36. The van der Waals surface area contributed by atoms with E-state index in [1.165, 1.54) is 12.1 Å². The second kappa shape index (κ2) is 9.28. The number of benzene rings is 1. The number of anilines is 1. The summed E-state index contributed by atoms with van der Waals surface area (Å²) in [4.78, 5) is 27.2. The third-order valence-corrected chi connectivity index (χ3v) is 6.17. The third kappa shape index (κ3) is 5.46. The van der Waals surface area contributed by atoms with Gasteiger partial charge in [0.25, 0.3) is 17.7 Å². The third-order valence-electron chi connectivity index (χ3n) is 5.28. The van der Waals surface area contributed by atoms with Crippen LogP contribution in [0.4, 0.5) is 14.5 Å². The Hall–Kier alpha value is -1.94. The number of halogens is 3. The van der Waals surface area contributed by atoms with Crippen molar-refractivity contribution in [2.75, 3.05) is 38.7 Å². The molecule has 2 N–H and O–H groups in total. The first-order valence-electron chi connectivity index (χ1n) is 9.65. The molecule has 0 spiro atoms. The van der Waals surface area contributed by atoms with Crippen LogP contribution in [0.1, 0.15) is 17.5 Å². The van der Waals surface area contributed by atoms with Crippen molar-refractivity contribution in [2.45, 2.75) is 24.3 Å². The topological polar surface area (TPSA) is 70.7 Å². The van der Waals surface area contributed by atoms with E-state index in [9.17, 15) is 18.4 Å². The zero-order valence-corrected chi connectivity index (χ0v) is 18.7. The Morgan fingerprint density at radius 1 is 1.32 bits per heavy atom. The normalized spacial score (nSPS) is 22.8. The Bertz CT molecular complexity index is 919. The number of amides is 2. The molecule has 1 fully saturated rings. The predicted octanol–water partition coefficient (Wildman–Crippen LogP) is 3.44. The molecule has 1 unspecified atom stereocenters. The van der Waals surface area contributed by atoms with Gasteiger partial charge in [-0.05, 0) is 31.2 Å². The van der Waals surface area contributed by atoms with Gasteiger partial charge < -0.3 is 15.4 Å². The molecule has 6 nitrogen and oxygen atoms in total. The smallest absolute Gasteiger partial charge is 0.285 e. The van der Waals surface area contributed by atoms with Gasteiger partial charge in [0.2, 0.25) is 0 Å². The van der Waals surface area contributed by atoms with E-state index in [1.54, 1.807) is 18.0 Å². The van der Waals surface area contributed by atoms with Gasteiger partial charge >= 0.3 is 0 Å². The number of hydrogen-bond acceptors (Lipinski definition) is 5. The van der Waals surface area contributed by atoms with Crippen LogP contribution in [0, 0.1) is 0 Å². The van der Waals surface area contributed by atoms with E-state index in [0.29, 0.717) is 24.2 Å². The van der Waals surface area contributed by atoms with E-state index >= 15 is 0 Å². The highest BCUT2D eigenvalue weighted by Gasteiger charge is 2.44. The van der Waals surface area contributed by atoms with E-state index in [-0.39, 0.29) is 41.0 Å². The van der Waals surface area contributed by atoms with Gasteiger partial charge in [0, 0.05) is 30.8 Å². The molecular formula is C21H24ClF2N3O3S. The lowest BCUT2D eigenvalue weighted by Crippen LogP contribution is -2.57. The van der Waals surface area contributed by atoms with Crippen LogP contribution >= 0.6 is 23.4 Å². The van der Waals surface area contributed by atoms with Crippen molar-refractivity contribution in [1.82, 2.24) is 10.2 Å². The molecule has 31 heavy (non-hydrogen) atoms. The van der Waals surface area contributed by atoms with Crippen molar-refractivity contribution in [1.29, 1.82) is 0 Å². The molecule has 0 saturated carbocycles. The molecule has 0 radical (unpaired) electrons. The molecule has 10 heteroatoms. The predicted molar refractivity (Wildman–Crippen MR) is 118 cm³/mol. The number of carbonyl (C=O) groups excluding carboxylic acids is 2. The van der Waals surface area contributed by atoms with Crippen LogP contribution in [0.2, 0.25) is 0 Å². The van der Waals surface area contributed by atoms with E-state index in [0.717, 1.165) is 11.8 Å². The molecular weight excluding hydrogens is 448 g/mol. The molecule has 1 aromatic carbocycles. The number of likely N-dealkylation sites (N-methyl/N-ethyl adjacent to an activating group) is 1. The SMILES string of the molecule is C=C(Cl)SC(=C)C(=O)NC1(C(=O)Nc2ccc3c(c2)CCN(C)CC3(F)F)CCOC1. The number of fused-ring (bicyclic) bond motifs is 1. The van der Waals surface area contributed by atoms with Crippen LogP contribution in [0.15, 0.2) is 40.6 Å². The number of nitrogens with one attached hydrogen (secondary N) is 2. The maximum atomic E-state index is 14.5. The molecule has 2 aliphatic rings. The first kappa shape index (κ1) is 23.7. The summed E-state index contributed by atoms with van der Waals surface area (Å²) in [5.41, 5.74) is -0.465. The van der Waals surface area contributed by atoms with E-state index < -0.39 is 23.3 Å². The summed E-state index contributed by atoms with van der Waals surface area (Å²) in [5.74, 6) is -4.02. The number of alkyl halides is 2. The second-order valence-electron chi connectivity index (χ2n) is 7.74. The highest BCUT2D eigenvalue weighted by molar-refractivity contribution is 8.08. The van der Waals surface area contributed by atoms with Crippen LogP contribution in [-0.4, -0.2) is 55.6 Å². The molecule has 2 aliphatic heterocycles. The van der Waals surface area contributed by atoms with Crippen molar-refractivity contribution in [3.8, 4) is 0 Å². The molecule has 3 rings (SSSR count). The van der Waals surface area contributed by atoms with Gasteiger partial charge in [-0.3, -0.25) is 14.5 Å². The lowest BCUT2D eigenvalue weighted by molar-refractivity contribution is -0.128. The standard InChI is InChI=1S/C21H24ClF2N3O3S/c1-13(31-14(2)22)18(28)26-20(7-9-30-12-20)19(29)25-16-4-5-17-15(10-16)6-8-27(3)11-21(17,23)24/h4-5,10H,1-2,6-9,11-12H2,3H3,(H,25,29)(H,26,28). The van der Waals surface area contributed by atoms with Crippen LogP contribution in [-0.2, 0) is 26.7 Å². The van der Waals surface area contributed by atoms with Gasteiger partial charge in [0.1, 0.15) is 5.54 Å². The van der Waals surface area contributed by atoms with Crippen molar-refractivity contribution >= 4 is 40.9 Å². The minimum Gasteiger partial charge on any atom is -0.378 e. The van der Waals surface area contributed by atoms with Gasteiger partial charge in [0.15, 0.2) is 0 Å². The van der Waals surface area contributed by atoms with Crippen molar-refractivity contribution in [2.24, 2.45) is 0 Å². The van der Waals surface area contributed by atoms with E-state index in [4.69, 9.17) is 16.3 Å². The zero-order chi connectivity index (χ0) is 22.8. The summed E-state index contributed by atoms with van der Waals surface area (Å²) >= 11 is 6.60. The number of ether oxygens (including phenoxy) is 1. The average Bonchev–Trinajstić information content (AvgIpc) is 3.11. The van der Waals surface area contributed by atoms with Crippen LogP contribution in [0.5, 0.6) is 0 Å². The fourth-order valence-electron chi connectivity index (χ4n) is 3.67. The van der Waals surface area contributed by atoms with Gasteiger partial charge in [0.05, 0.1) is 22.4 Å². The molecule has 2 amide bonds. The molecule has 1 aromatic rings. The first-order chi connectivity index (χ1) is 14.5. The van der Waals surface area contributed by atoms with Crippen molar-refractivity contribution in [3.05, 3.63) is 51.8 Å². The Morgan fingerprint density at radius 3 is 2.71 bits per heavy atom. The molecule has 1 saturated heterocycles. The van der Waals surface area contributed by atoms with Gasteiger partial charge in [-0.15, -0.1) is 0 Å². The Kier molecular flexibility index (Phi) is 7.10. The lowest BCUT2D eigenvalue weighted by Gasteiger charge is -2.28. The summed E-state index contributed by atoms with van der Waals surface area (Å²) < 4.78 is 34.5. The van der Waals surface area contributed by atoms with Gasteiger partial charge in [-0.25, -0.2) is 0 Å².